The summed E-state index contributed by atoms with van der Waals surface area (Å²) < 4.78 is 16.6. The van der Waals surface area contributed by atoms with Gasteiger partial charge in [-0.05, 0) is 68.1 Å². The molecule has 0 atom stereocenters. The third-order valence-corrected chi connectivity index (χ3v) is 5.42. The van der Waals surface area contributed by atoms with E-state index in [1.54, 1.807) is 13.8 Å². The van der Waals surface area contributed by atoms with Crippen molar-refractivity contribution in [3.63, 3.8) is 0 Å². The van der Waals surface area contributed by atoms with Crippen LogP contribution in [0.3, 0.4) is 0 Å². The molecule has 0 bridgehead atoms. The summed E-state index contributed by atoms with van der Waals surface area (Å²) in [5, 5.41) is 0. The van der Waals surface area contributed by atoms with Gasteiger partial charge in [-0.25, -0.2) is 9.59 Å². The van der Waals surface area contributed by atoms with Gasteiger partial charge < -0.3 is 14.2 Å². The number of carbonyl (C=O) groups excluding carboxylic acids is 2. The molecule has 5 nitrogen and oxygen atoms in total. The lowest BCUT2D eigenvalue weighted by Gasteiger charge is -2.21. The fourth-order valence-corrected chi connectivity index (χ4v) is 3.44. The predicted molar refractivity (Wildman–Crippen MR) is 124 cm³/mol. The molecular formula is C27H30O5. The molecule has 32 heavy (non-hydrogen) atoms. The third kappa shape index (κ3) is 6.58. The fourth-order valence-electron chi connectivity index (χ4n) is 3.44. The number of carbonyl (C=O) groups is 2. The van der Waals surface area contributed by atoms with Crippen LogP contribution in [-0.2, 0) is 23.8 Å². The second-order valence-electron chi connectivity index (χ2n) is 8.24. The Morgan fingerprint density at radius 2 is 1.16 bits per heavy atom. The van der Waals surface area contributed by atoms with E-state index in [1.165, 1.54) is 16.7 Å². The SMILES string of the molecule is C=C(C)C(=O)OC1=CC=C(COC2=CC=C(C3=CC=C(OC(=O)C(=C)C)CC3)CC2)CC1. The lowest BCUT2D eigenvalue weighted by atomic mass is 9.90. The van der Waals surface area contributed by atoms with E-state index in [4.69, 9.17) is 14.2 Å². The van der Waals surface area contributed by atoms with Gasteiger partial charge in [0.05, 0.1) is 5.76 Å². The van der Waals surface area contributed by atoms with Gasteiger partial charge in [-0.3, -0.25) is 0 Å². The van der Waals surface area contributed by atoms with Crippen molar-refractivity contribution < 1.29 is 23.8 Å². The molecule has 0 heterocycles. The molecule has 0 spiro atoms. The maximum atomic E-state index is 11.6. The lowest BCUT2D eigenvalue weighted by Crippen LogP contribution is -2.09. The van der Waals surface area contributed by atoms with Gasteiger partial charge in [0.2, 0.25) is 0 Å². The van der Waals surface area contributed by atoms with Gasteiger partial charge in [0, 0.05) is 30.4 Å². The Hall–Kier alpha value is -3.34. The molecule has 0 aromatic heterocycles. The maximum absolute atomic E-state index is 11.6. The largest absolute Gasteiger partial charge is 0.494 e. The van der Waals surface area contributed by atoms with Crippen molar-refractivity contribution in [2.75, 3.05) is 6.61 Å². The Bertz CT molecular complexity index is 1010. The molecule has 0 aromatic rings. The molecule has 3 aliphatic rings. The summed E-state index contributed by atoms with van der Waals surface area (Å²) in [6.07, 6.45) is 16.7. The number of allylic oxidation sites excluding steroid dienone is 11. The van der Waals surface area contributed by atoms with E-state index in [1.807, 2.05) is 30.4 Å². The number of hydrogen-bond donors (Lipinski definition) is 0. The number of ether oxygens (including phenoxy) is 3. The zero-order valence-electron chi connectivity index (χ0n) is 18.9. The summed E-state index contributed by atoms with van der Waals surface area (Å²) in [4.78, 5) is 23.2. The lowest BCUT2D eigenvalue weighted by molar-refractivity contribution is -0.136. The fraction of sp³-hybridized carbons (Fsp3) is 0.333. The highest BCUT2D eigenvalue weighted by molar-refractivity contribution is 5.88. The van der Waals surface area contributed by atoms with Crippen molar-refractivity contribution in [2.45, 2.75) is 52.4 Å². The zero-order chi connectivity index (χ0) is 23.1. The van der Waals surface area contributed by atoms with Crippen molar-refractivity contribution >= 4 is 11.9 Å². The monoisotopic (exact) mass is 434 g/mol. The van der Waals surface area contributed by atoms with Crippen molar-refractivity contribution in [2.24, 2.45) is 0 Å². The van der Waals surface area contributed by atoms with Gasteiger partial charge in [-0.1, -0.05) is 31.4 Å². The third-order valence-electron chi connectivity index (χ3n) is 5.42. The minimum atomic E-state index is -0.382. The van der Waals surface area contributed by atoms with E-state index in [0.29, 0.717) is 42.1 Å². The summed E-state index contributed by atoms with van der Waals surface area (Å²) in [6.45, 7) is 11.0. The number of esters is 2. The predicted octanol–water partition coefficient (Wildman–Crippen LogP) is 6.05. The molecule has 0 fully saturated rings. The van der Waals surface area contributed by atoms with Crippen molar-refractivity contribution in [3.8, 4) is 0 Å². The van der Waals surface area contributed by atoms with Gasteiger partial charge in [0.15, 0.2) is 0 Å². The first-order chi connectivity index (χ1) is 15.3. The molecule has 3 aliphatic carbocycles. The first-order valence-corrected chi connectivity index (χ1v) is 10.9. The summed E-state index contributed by atoms with van der Waals surface area (Å²) in [7, 11) is 0. The molecule has 0 aliphatic heterocycles. The van der Waals surface area contributed by atoms with Crippen LogP contribution >= 0.6 is 0 Å². The number of hydrogen-bond acceptors (Lipinski definition) is 5. The van der Waals surface area contributed by atoms with E-state index < -0.39 is 0 Å². The minimum absolute atomic E-state index is 0.373. The molecule has 0 saturated carbocycles. The Labute approximate surface area is 189 Å². The molecule has 0 aromatic carbocycles. The molecule has 5 heteroatoms. The molecule has 0 N–H and O–H groups in total. The summed E-state index contributed by atoms with van der Waals surface area (Å²) in [6, 6.07) is 0. The van der Waals surface area contributed by atoms with E-state index >= 15 is 0 Å². The van der Waals surface area contributed by atoms with Crippen LogP contribution in [0.25, 0.3) is 0 Å². The maximum Gasteiger partial charge on any atom is 0.338 e. The van der Waals surface area contributed by atoms with E-state index in [-0.39, 0.29) is 11.9 Å². The van der Waals surface area contributed by atoms with Gasteiger partial charge >= 0.3 is 11.9 Å². The van der Waals surface area contributed by atoms with Gasteiger partial charge in [0.1, 0.15) is 18.1 Å². The van der Waals surface area contributed by atoms with Crippen molar-refractivity contribution in [3.05, 3.63) is 94.8 Å². The van der Waals surface area contributed by atoms with Crippen molar-refractivity contribution in [1.29, 1.82) is 0 Å². The van der Waals surface area contributed by atoms with E-state index in [2.05, 4.69) is 19.2 Å². The van der Waals surface area contributed by atoms with E-state index in [9.17, 15) is 9.59 Å². The van der Waals surface area contributed by atoms with Crippen LogP contribution in [0.15, 0.2) is 94.8 Å². The van der Waals surface area contributed by atoms with Crippen LogP contribution in [0, 0.1) is 0 Å². The summed E-state index contributed by atoms with van der Waals surface area (Å²) in [5.41, 5.74) is 4.54. The van der Waals surface area contributed by atoms with Crippen LogP contribution in [0.2, 0.25) is 0 Å². The molecule has 0 unspecified atom stereocenters. The van der Waals surface area contributed by atoms with Crippen LogP contribution in [0.5, 0.6) is 0 Å². The normalized spacial score (nSPS) is 18.1. The highest BCUT2D eigenvalue weighted by Gasteiger charge is 2.17. The molecule has 0 radical (unpaired) electrons. The first kappa shape index (κ1) is 23.3. The zero-order valence-corrected chi connectivity index (χ0v) is 18.9. The van der Waals surface area contributed by atoms with Crippen LogP contribution in [0.4, 0.5) is 0 Å². The van der Waals surface area contributed by atoms with Gasteiger partial charge in [0.25, 0.3) is 0 Å². The van der Waals surface area contributed by atoms with E-state index in [0.717, 1.165) is 31.4 Å². The summed E-state index contributed by atoms with van der Waals surface area (Å²) >= 11 is 0. The summed E-state index contributed by atoms with van der Waals surface area (Å²) in [5.74, 6) is 1.57. The molecule has 3 rings (SSSR count). The van der Waals surface area contributed by atoms with Gasteiger partial charge in [-0.15, -0.1) is 0 Å². The smallest absolute Gasteiger partial charge is 0.338 e. The van der Waals surface area contributed by atoms with Crippen LogP contribution in [-0.4, -0.2) is 18.5 Å². The molecule has 168 valence electrons. The Morgan fingerprint density at radius 1 is 0.688 bits per heavy atom. The molecule has 0 amide bonds. The highest BCUT2D eigenvalue weighted by atomic mass is 16.5. The molecule has 0 saturated heterocycles. The average molecular weight is 435 g/mol. The Kier molecular flexibility index (Phi) is 7.87. The Morgan fingerprint density at radius 3 is 1.56 bits per heavy atom. The first-order valence-electron chi connectivity index (χ1n) is 10.9. The van der Waals surface area contributed by atoms with Crippen LogP contribution < -0.4 is 0 Å². The second kappa shape index (κ2) is 10.8. The average Bonchev–Trinajstić information content (AvgIpc) is 2.79. The topological polar surface area (TPSA) is 61.8 Å². The quantitative estimate of drug-likeness (QED) is 0.344. The standard InChI is InChI=1S/C27H30O5/c1-18(2)26(28)31-24-11-5-20(6-12-24)17-30-23-13-7-21(8-14-23)22-9-15-25(16-10-22)32-27(29)19(3)4/h5,7,9,11,13,15H,1,3,6,8,10,12,14,16-17H2,2,4H3. The van der Waals surface area contributed by atoms with Crippen LogP contribution in [0.1, 0.15) is 52.4 Å². The second-order valence-corrected chi connectivity index (χ2v) is 8.24. The Balaban J connectivity index is 1.51. The molecular weight excluding hydrogens is 404 g/mol. The minimum Gasteiger partial charge on any atom is -0.494 e. The number of rotatable bonds is 8. The highest BCUT2D eigenvalue weighted by Crippen LogP contribution is 2.31. The van der Waals surface area contributed by atoms with Crippen molar-refractivity contribution in [1.82, 2.24) is 0 Å². The van der Waals surface area contributed by atoms with Gasteiger partial charge in [-0.2, -0.15) is 0 Å².